The van der Waals surface area contributed by atoms with Crippen LogP contribution in [-0.4, -0.2) is 36.6 Å². The van der Waals surface area contributed by atoms with E-state index in [0.29, 0.717) is 6.04 Å². The van der Waals surface area contributed by atoms with Gasteiger partial charge in [0.05, 0.1) is 0 Å². The van der Waals surface area contributed by atoms with Crippen LogP contribution >= 0.6 is 0 Å². The molecule has 0 saturated carbocycles. The lowest BCUT2D eigenvalue weighted by Crippen LogP contribution is -2.45. The van der Waals surface area contributed by atoms with Crippen LogP contribution in [0.3, 0.4) is 0 Å². The van der Waals surface area contributed by atoms with Crippen LogP contribution in [0.2, 0.25) is 0 Å². The lowest BCUT2D eigenvalue weighted by molar-refractivity contribution is 0.166. The fourth-order valence-electron chi connectivity index (χ4n) is 2.94. The fourth-order valence-corrected chi connectivity index (χ4v) is 2.94. The summed E-state index contributed by atoms with van der Waals surface area (Å²) in [5.41, 5.74) is 0. The summed E-state index contributed by atoms with van der Waals surface area (Å²) in [6.07, 6.45) is 5.25. The lowest BCUT2D eigenvalue weighted by atomic mass is 9.96. The molecular formula is C16H34N2. The molecule has 0 spiro atoms. The van der Waals surface area contributed by atoms with Crippen molar-refractivity contribution in [2.45, 2.75) is 72.4 Å². The van der Waals surface area contributed by atoms with E-state index in [1.807, 2.05) is 0 Å². The third-order valence-electron chi connectivity index (χ3n) is 4.85. The zero-order chi connectivity index (χ0) is 13.5. The highest BCUT2D eigenvalue weighted by molar-refractivity contribution is 4.83. The molecule has 18 heavy (non-hydrogen) atoms. The van der Waals surface area contributed by atoms with E-state index < -0.39 is 0 Å². The van der Waals surface area contributed by atoms with Gasteiger partial charge in [-0.3, -0.25) is 4.90 Å². The monoisotopic (exact) mass is 254 g/mol. The number of nitrogens with zero attached hydrogens (tertiary/aromatic N) is 1. The van der Waals surface area contributed by atoms with Crippen LogP contribution in [0.4, 0.5) is 0 Å². The van der Waals surface area contributed by atoms with Gasteiger partial charge in [0.1, 0.15) is 0 Å². The van der Waals surface area contributed by atoms with E-state index in [-0.39, 0.29) is 0 Å². The molecule has 1 fully saturated rings. The van der Waals surface area contributed by atoms with Crippen LogP contribution < -0.4 is 5.32 Å². The molecule has 2 heteroatoms. The summed E-state index contributed by atoms with van der Waals surface area (Å²) in [7, 11) is 0. The molecule has 0 aromatic heterocycles. The molecule has 2 nitrogen and oxygen atoms in total. The van der Waals surface area contributed by atoms with Crippen LogP contribution in [0.5, 0.6) is 0 Å². The second-order valence-electron chi connectivity index (χ2n) is 6.39. The van der Waals surface area contributed by atoms with Crippen LogP contribution in [0.25, 0.3) is 0 Å². The molecule has 0 aromatic carbocycles. The predicted molar refractivity (Wildman–Crippen MR) is 81.0 cm³/mol. The summed E-state index contributed by atoms with van der Waals surface area (Å²) in [5.74, 6) is 1.65. The van der Waals surface area contributed by atoms with E-state index in [2.05, 4.69) is 44.8 Å². The molecule has 108 valence electrons. The van der Waals surface area contributed by atoms with Gasteiger partial charge in [-0.1, -0.05) is 40.5 Å². The Balaban J connectivity index is 2.52. The Kier molecular flexibility index (Phi) is 7.25. The first-order valence-electron chi connectivity index (χ1n) is 8.05. The molecule has 4 unspecified atom stereocenters. The summed E-state index contributed by atoms with van der Waals surface area (Å²) in [6, 6.07) is 1.43. The van der Waals surface area contributed by atoms with E-state index in [1.165, 1.54) is 45.3 Å². The van der Waals surface area contributed by atoms with Crippen LogP contribution in [-0.2, 0) is 0 Å². The molecule has 0 amide bonds. The minimum Gasteiger partial charge on any atom is -0.312 e. The standard InChI is InChI=1S/C16H34N2/c1-6-13(3)11-15(5)18-10-8-9-17-16(12-18)14(4)7-2/h13-17H,6-12H2,1-5H3. The fraction of sp³-hybridized carbons (Fsp3) is 1.00. The van der Waals surface area contributed by atoms with Crippen LogP contribution in [0.1, 0.15) is 60.3 Å². The molecule has 0 aliphatic carbocycles. The van der Waals surface area contributed by atoms with Gasteiger partial charge in [-0.05, 0) is 44.7 Å². The third kappa shape index (κ3) is 4.89. The van der Waals surface area contributed by atoms with E-state index in [4.69, 9.17) is 0 Å². The van der Waals surface area contributed by atoms with Gasteiger partial charge in [-0.2, -0.15) is 0 Å². The first kappa shape index (κ1) is 16.0. The first-order valence-corrected chi connectivity index (χ1v) is 8.05. The lowest BCUT2D eigenvalue weighted by Gasteiger charge is -2.33. The van der Waals surface area contributed by atoms with Crippen molar-refractivity contribution >= 4 is 0 Å². The SMILES string of the molecule is CCC(C)CC(C)N1CCCNC(C(C)CC)C1. The number of hydrogen-bond donors (Lipinski definition) is 1. The maximum absolute atomic E-state index is 3.74. The van der Waals surface area contributed by atoms with E-state index >= 15 is 0 Å². The normalized spacial score (nSPS) is 27.5. The summed E-state index contributed by atoms with van der Waals surface area (Å²) < 4.78 is 0. The van der Waals surface area contributed by atoms with Gasteiger partial charge in [0, 0.05) is 18.6 Å². The van der Waals surface area contributed by atoms with E-state index in [1.54, 1.807) is 0 Å². The van der Waals surface area contributed by atoms with E-state index in [0.717, 1.165) is 17.9 Å². The Morgan fingerprint density at radius 2 is 1.89 bits per heavy atom. The zero-order valence-electron chi connectivity index (χ0n) is 13.2. The van der Waals surface area contributed by atoms with Gasteiger partial charge < -0.3 is 5.32 Å². The minimum absolute atomic E-state index is 0.692. The van der Waals surface area contributed by atoms with Gasteiger partial charge in [0.15, 0.2) is 0 Å². The average molecular weight is 254 g/mol. The number of hydrogen-bond acceptors (Lipinski definition) is 2. The Bertz CT molecular complexity index is 217. The summed E-state index contributed by atoms with van der Waals surface area (Å²) in [4.78, 5) is 2.73. The smallest absolute Gasteiger partial charge is 0.0220 e. The van der Waals surface area contributed by atoms with Gasteiger partial charge in [-0.15, -0.1) is 0 Å². The molecule has 1 N–H and O–H groups in total. The molecule has 1 aliphatic rings. The average Bonchev–Trinajstić information content (AvgIpc) is 2.63. The first-order chi connectivity index (χ1) is 8.58. The Hall–Kier alpha value is -0.0800. The van der Waals surface area contributed by atoms with Crippen molar-refractivity contribution in [1.82, 2.24) is 10.2 Å². The molecule has 0 aromatic rings. The Labute approximate surface area is 115 Å². The Morgan fingerprint density at radius 3 is 2.50 bits per heavy atom. The molecule has 0 radical (unpaired) electrons. The van der Waals surface area contributed by atoms with Crippen molar-refractivity contribution < 1.29 is 0 Å². The highest BCUT2D eigenvalue weighted by atomic mass is 15.2. The highest BCUT2D eigenvalue weighted by Crippen LogP contribution is 2.19. The number of rotatable bonds is 6. The predicted octanol–water partition coefficient (Wildman–Crippen LogP) is 3.52. The quantitative estimate of drug-likeness (QED) is 0.780. The van der Waals surface area contributed by atoms with Crippen LogP contribution in [0.15, 0.2) is 0 Å². The molecule has 1 aliphatic heterocycles. The van der Waals surface area contributed by atoms with Crippen molar-refractivity contribution in [2.24, 2.45) is 11.8 Å². The highest BCUT2D eigenvalue weighted by Gasteiger charge is 2.24. The summed E-state index contributed by atoms with van der Waals surface area (Å²) in [6.45, 7) is 15.5. The van der Waals surface area contributed by atoms with Crippen molar-refractivity contribution in [1.29, 1.82) is 0 Å². The molecule has 1 rings (SSSR count). The summed E-state index contributed by atoms with van der Waals surface area (Å²) in [5, 5.41) is 3.74. The maximum atomic E-state index is 3.74. The molecule has 0 bridgehead atoms. The zero-order valence-corrected chi connectivity index (χ0v) is 13.2. The van der Waals surface area contributed by atoms with Crippen molar-refractivity contribution in [3.63, 3.8) is 0 Å². The van der Waals surface area contributed by atoms with Gasteiger partial charge in [0.25, 0.3) is 0 Å². The van der Waals surface area contributed by atoms with Crippen LogP contribution in [0, 0.1) is 11.8 Å². The minimum atomic E-state index is 0.692. The molecular weight excluding hydrogens is 220 g/mol. The second kappa shape index (κ2) is 8.16. The topological polar surface area (TPSA) is 15.3 Å². The van der Waals surface area contributed by atoms with Gasteiger partial charge in [-0.25, -0.2) is 0 Å². The second-order valence-corrected chi connectivity index (χ2v) is 6.39. The maximum Gasteiger partial charge on any atom is 0.0220 e. The number of nitrogens with one attached hydrogen (secondary N) is 1. The largest absolute Gasteiger partial charge is 0.312 e. The van der Waals surface area contributed by atoms with Crippen molar-refractivity contribution in [3.8, 4) is 0 Å². The summed E-state index contributed by atoms with van der Waals surface area (Å²) >= 11 is 0. The molecule has 1 heterocycles. The Morgan fingerprint density at radius 1 is 1.17 bits per heavy atom. The van der Waals surface area contributed by atoms with Gasteiger partial charge >= 0.3 is 0 Å². The van der Waals surface area contributed by atoms with Crippen molar-refractivity contribution in [3.05, 3.63) is 0 Å². The molecule has 1 saturated heterocycles. The van der Waals surface area contributed by atoms with E-state index in [9.17, 15) is 0 Å². The van der Waals surface area contributed by atoms with Gasteiger partial charge in [0.2, 0.25) is 0 Å². The molecule has 4 atom stereocenters. The van der Waals surface area contributed by atoms with Crippen molar-refractivity contribution in [2.75, 3.05) is 19.6 Å². The third-order valence-corrected chi connectivity index (χ3v) is 4.85.